The second-order valence-corrected chi connectivity index (χ2v) is 9.32. The van der Waals surface area contributed by atoms with Crippen LogP contribution in [0.1, 0.15) is 24.8 Å². The first-order valence-corrected chi connectivity index (χ1v) is 11.5. The van der Waals surface area contributed by atoms with Crippen molar-refractivity contribution in [2.45, 2.75) is 30.7 Å². The second-order valence-electron chi connectivity index (χ2n) is 7.38. The molecule has 3 aromatic rings. The maximum atomic E-state index is 12.7. The minimum absolute atomic E-state index is 0.250. The van der Waals surface area contributed by atoms with Crippen LogP contribution in [-0.4, -0.2) is 43.5 Å². The van der Waals surface area contributed by atoms with E-state index in [-0.39, 0.29) is 6.03 Å². The molecule has 0 radical (unpaired) electrons. The van der Waals surface area contributed by atoms with Crippen molar-refractivity contribution >= 4 is 27.0 Å². The summed E-state index contributed by atoms with van der Waals surface area (Å²) in [4.78, 5) is 12.9. The first kappa shape index (κ1) is 20.4. The van der Waals surface area contributed by atoms with Crippen molar-refractivity contribution < 1.29 is 17.9 Å². The molecule has 4 rings (SSSR count). The van der Waals surface area contributed by atoms with E-state index in [0.29, 0.717) is 24.5 Å². The number of amides is 1. The van der Waals surface area contributed by atoms with Crippen LogP contribution >= 0.6 is 0 Å². The van der Waals surface area contributed by atoms with Gasteiger partial charge in [0.2, 0.25) is 10.0 Å². The molecule has 1 saturated heterocycles. The Kier molecular flexibility index (Phi) is 5.78. The quantitative estimate of drug-likeness (QED) is 0.675. The molecule has 0 bridgehead atoms. The van der Waals surface area contributed by atoms with Crippen molar-refractivity contribution in [3.63, 3.8) is 0 Å². The SMILES string of the molecule is COc1ccc2c(ccn2C(=O)NCc2ccc(S(=O)(=O)N3CCCCC3)cc2)c1. The molecule has 0 aliphatic carbocycles. The van der Waals surface area contributed by atoms with E-state index < -0.39 is 10.0 Å². The minimum atomic E-state index is -3.44. The molecule has 0 saturated carbocycles. The number of hydrogen-bond donors (Lipinski definition) is 1. The van der Waals surface area contributed by atoms with Crippen molar-refractivity contribution in [2.24, 2.45) is 0 Å². The third-order valence-corrected chi connectivity index (χ3v) is 7.35. The molecule has 2 heterocycles. The number of aromatic nitrogens is 1. The van der Waals surface area contributed by atoms with E-state index in [1.165, 1.54) is 0 Å². The van der Waals surface area contributed by atoms with Crippen LogP contribution in [0.25, 0.3) is 10.9 Å². The van der Waals surface area contributed by atoms with Gasteiger partial charge < -0.3 is 10.1 Å². The van der Waals surface area contributed by atoms with Gasteiger partial charge in [0, 0.05) is 31.2 Å². The lowest BCUT2D eigenvalue weighted by Crippen LogP contribution is -2.35. The first-order chi connectivity index (χ1) is 14.5. The highest BCUT2D eigenvalue weighted by Gasteiger charge is 2.25. The Morgan fingerprint density at radius 3 is 2.47 bits per heavy atom. The number of sulfonamides is 1. The number of nitrogens with zero attached hydrogens (tertiary/aromatic N) is 2. The van der Waals surface area contributed by atoms with Gasteiger partial charge in [0.15, 0.2) is 0 Å². The summed E-state index contributed by atoms with van der Waals surface area (Å²) in [6, 6.07) is 13.9. The topological polar surface area (TPSA) is 80.6 Å². The van der Waals surface area contributed by atoms with Crippen molar-refractivity contribution in [1.29, 1.82) is 0 Å². The van der Waals surface area contributed by atoms with Crippen LogP contribution < -0.4 is 10.1 Å². The molecule has 1 N–H and O–H groups in total. The molecule has 1 aliphatic heterocycles. The van der Waals surface area contributed by atoms with E-state index in [0.717, 1.165) is 41.5 Å². The predicted molar refractivity (Wildman–Crippen MR) is 115 cm³/mol. The molecule has 1 aromatic heterocycles. The number of benzene rings is 2. The number of ether oxygens (including phenoxy) is 1. The molecule has 0 spiro atoms. The zero-order valence-corrected chi connectivity index (χ0v) is 17.7. The van der Waals surface area contributed by atoms with E-state index in [2.05, 4.69) is 5.32 Å². The van der Waals surface area contributed by atoms with Gasteiger partial charge in [-0.1, -0.05) is 18.6 Å². The van der Waals surface area contributed by atoms with E-state index in [4.69, 9.17) is 4.74 Å². The fourth-order valence-electron chi connectivity index (χ4n) is 3.72. The fraction of sp³-hybridized carbons (Fsp3) is 0.318. The molecule has 158 valence electrons. The van der Waals surface area contributed by atoms with Gasteiger partial charge in [-0.2, -0.15) is 4.31 Å². The Labute approximate surface area is 176 Å². The Bertz CT molecular complexity index is 1150. The molecular weight excluding hydrogens is 402 g/mol. The maximum Gasteiger partial charge on any atom is 0.326 e. The average Bonchev–Trinajstić information content (AvgIpc) is 3.21. The van der Waals surface area contributed by atoms with Crippen LogP contribution in [0.4, 0.5) is 4.79 Å². The summed E-state index contributed by atoms with van der Waals surface area (Å²) >= 11 is 0. The standard InChI is InChI=1S/C22H25N3O4S/c1-29-19-7-10-21-18(15-19)11-14-25(21)22(26)23-16-17-5-8-20(9-6-17)30(27,28)24-12-3-2-4-13-24/h5-11,14-15H,2-4,12-13,16H2,1H3,(H,23,26). The second kappa shape index (κ2) is 8.49. The van der Waals surface area contributed by atoms with Gasteiger partial charge in [-0.3, -0.25) is 4.57 Å². The van der Waals surface area contributed by atoms with Crippen molar-refractivity contribution in [3.05, 3.63) is 60.3 Å². The van der Waals surface area contributed by atoms with Crippen molar-refractivity contribution in [2.75, 3.05) is 20.2 Å². The Hall–Kier alpha value is -2.84. The van der Waals surface area contributed by atoms with Gasteiger partial charge in [0.25, 0.3) is 0 Å². The van der Waals surface area contributed by atoms with Crippen LogP contribution in [0.3, 0.4) is 0 Å². The summed E-state index contributed by atoms with van der Waals surface area (Å²) in [6.45, 7) is 1.46. The lowest BCUT2D eigenvalue weighted by molar-refractivity contribution is 0.243. The lowest BCUT2D eigenvalue weighted by Gasteiger charge is -2.25. The number of hydrogen-bond acceptors (Lipinski definition) is 4. The molecule has 1 amide bonds. The van der Waals surface area contributed by atoms with Crippen LogP contribution in [0.5, 0.6) is 5.75 Å². The minimum Gasteiger partial charge on any atom is -0.497 e. The predicted octanol–water partition coefficient (Wildman–Crippen LogP) is 3.58. The van der Waals surface area contributed by atoms with Crippen LogP contribution in [0.2, 0.25) is 0 Å². The number of rotatable bonds is 5. The number of carbonyl (C=O) groups is 1. The van der Waals surface area contributed by atoms with Gasteiger partial charge in [-0.05, 0) is 54.8 Å². The van der Waals surface area contributed by atoms with Gasteiger partial charge >= 0.3 is 6.03 Å². The third kappa shape index (κ3) is 4.06. The monoisotopic (exact) mass is 427 g/mol. The highest BCUT2D eigenvalue weighted by Crippen LogP contribution is 2.22. The van der Waals surface area contributed by atoms with E-state index in [1.54, 1.807) is 46.4 Å². The van der Waals surface area contributed by atoms with Crippen molar-refractivity contribution in [3.8, 4) is 5.75 Å². The van der Waals surface area contributed by atoms with Gasteiger partial charge in [0.05, 0.1) is 17.5 Å². The van der Waals surface area contributed by atoms with Gasteiger partial charge in [-0.25, -0.2) is 13.2 Å². The third-order valence-electron chi connectivity index (χ3n) is 5.44. The number of fused-ring (bicyclic) bond motifs is 1. The van der Waals surface area contributed by atoms with E-state index in [9.17, 15) is 13.2 Å². The molecule has 1 fully saturated rings. The number of carbonyl (C=O) groups excluding carboxylic acids is 1. The Morgan fingerprint density at radius 2 is 1.77 bits per heavy atom. The number of methoxy groups -OCH3 is 1. The van der Waals surface area contributed by atoms with Crippen molar-refractivity contribution in [1.82, 2.24) is 14.2 Å². The lowest BCUT2D eigenvalue weighted by atomic mass is 10.2. The molecule has 8 heteroatoms. The van der Waals surface area contributed by atoms with E-state index in [1.807, 2.05) is 24.3 Å². The van der Waals surface area contributed by atoms with Crippen LogP contribution in [0, 0.1) is 0 Å². The summed E-state index contributed by atoms with van der Waals surface area (Å²) in [5.74, 6) is 0.736. The molecule has 2 aromatic carbocycles. The Morgan fingerprint density at radius 1 is 1.03 bits per heavy atom. The smallest absolute Gasteiger partial charge is 0.326 e. The van der Waals surface area contributed by atoms with E-state index >= 15 is 0 Å². The highest BCUT2D eigenvalue weighted by molar-refractivity contribution is 7.89. The molecule has 1 aliphatic rings. The molecule has 0 atom stereocenters. The molecule has 0 unspecified atom stereocenters. The summed E-state index contributed by atoms with van der Waals surface area (Å²) < 4.78 is 33.8. The molecule has 7 nitrogen and oxygen atoms in total. The zero-order chi connectivity index (χ0) is 21.1. The largest absolute Gasteiger partial charge is 0.497 e. The first-order valence-electron chi connectivity index (χ1n) is 10.0. The van der Waals surface area contributed by atoms with Gasteiger partial charge in [-0.15, -0.1) is 0 Å². The molecular formula is C22H25N3O4S. The van der Waals surface area contributed by atoms with Crippen LogP contribution in [-0.2, 0) is 16.6 Å². The number of nitrogens with one attached hydrogen (secondary N) is 1. The summed E-state index contributed by atoms with van der Waals surface area (Å²) in [5.41, 5.74) is 1.62. The van der Waals surface area contributed by atoms with Crippen LogP contribution in [0.15, 0.2) is 59.6 Å². The fourth-order valence-corrected chi connectivity index (χ4v) is 5.24. The highest BCUT2D eigenvalue weighted by atomic mass is 32.2. The average molecular weight is 428 g/mol. The maximum absolute atomic E-state index is 12.7. The summed E-state index contributed by atoms with van der Waals surface area (Å²) in [7, 11) is -1.84. The number of piperidine rings is 1. The molecule has 30 heavy (non-hydrogen) atoms. The summed E-state index contributed by atoms with van der Waals surface area (Å²) in [6.07, 6.45) is 4.61. The Balaban J connectivity index is 1.42. The zero-order valence-electron chi connectivity index (χ0n) is 16.9. The summed E-state index contributed by atoms with van der Waals surface area (Å²) in [5, 5.41) is 3.79. The van der Waals surface area contributed by atoms with Gasteiger partial charge in [0.1, 0.15) is 5.75 Å². The normalized spacial score (nSPS) is 15.2.